The predicted molar refractivity (Wildman–Crippen MR) is 104 cm³/mol. The number of hydrogen-bond acceptors (Lipinski definition) is 8. The Morgan fingerprint density at radius 3 is 2.73 bits per heavy atom. The maximum absolute atomic E-state index is 12.2. The van der Waals surface area contributed by atoms with Crippen molar-refractivity contribution in [1.29, 1.82) is 5.26 Å². The fourth-order valence-corrected chi connectivity index (χ4v) is 4.56. The van der Waals surface area contributed by atoms with Crippen LogP contribution in [0.3, 0.4) is 0 Å². The van der Waals surface area contributed by atoms with Gasteiger partial charge in [0, 0.05) is 5.38 Å². The highest BCUT2D eigenvalue weighted by Gasteiger charge is 2.24. The van der Waals surface area contributed by atoms with Gasteiger partial charge in [-0.2, -0.15) is 5.26 Å². The van der Waals surface area contributed by atoms with E-state index < -0.39 is 5.97 Å². The number of aromatic nitrogens is 2. The number of rotatable bonds is 4. The number of carbonyl (C=O) groups excluding carboxylic acids is 1. The number of nitrogens with one attached hydrogen (secondary N) is 1. The predicted octanol–water partition coefficient (Wildman–Crippen LogP) is 4.84. The lowest BCUT2D eigenvalue weighted by atomic mass is 9.86. The van der Waals surface area contributed by atoms with E-state index in [0.717, 1.165) is 5.56 Å². The van der Waals surface area contributed by atoms with E-state index in [2.05, 4.69) is 42.1 Å². The van der Waals surface area contributed by atoms with Gasteiger partial charge in [0.2, 0.25) is 0 Å². The van der Waals surface area contributed by atoms with E-state index in [1.807, 2.05) is 5.38 Å². The lowest BCUT2D eigenvalue weighted by Crippen LogP contribution is -2.11. The molecule has 0 spiro atoms. The zero-order valence-corrected chi connectivity index (χ0v) is 16.5. The molecule has 1 N–H and O–H groups in total. The van der Waals surface area contributed by atoms with Crippen LogP contribution in [0.1, 0.15) is 49.2 Å². The first-order valence-corrected chi connectivity index (χ1v) is 9.81. The van der Waals surface area contributed by atoms with Crippen LogP contribution in [-0.2, 0) is 10.2 Å². The molecule has 6 nitrogen and oxygen atoms in total. The molecule has 0 atom stereocenters. The third kappa shape index (κ3) is 3.28. The van der Waals surface area contributed by atoms with Gasteiger partial charge in [0.25, 0.3) is 0 Å². The third-order valence-corrected chi connectivity index (χ3v) is 5.59. The first-order chi connectivity index (χ1) is 12.4. The zero-order chi connectivity index (χ0) is 18.9. The molecule has 0 bridgehead atoms. The quantitative estimate of drug-likeness (QED) is 0.645. The van der Waals surface area contributed by atoms with Gasteiger partial charge in [0.1, 0.15) is 28.0 Å². The Morgan fingerprint density at radius 2 is 2.08 bits per heavy atom. The van der Waals surface area contributed by atoms with Crippen LogP contribution >= 0.6 is 22.7 Å². The summed E-state index contributed by atoms with van der Waals surface area (Å²) in [4.78, 5) is 21.5. The Bertz CT molecular complexity index is 1010. The van der Waals surface area contributed by atoms with E-state index in [0.29, 0.717) is 38.8 Å². The van der Waals surface area contributed by atoms with Crippen LogP contribution in [0, 0.1) is 11.3 Å². The molecule has 0 unspecified atom stereocenters. The summed E-state index contributed by atoms with van der Waals surface area (Å²) in [5.74, 6) is 0.0942. The number of fused-ring (bicyclic) bond motifs is 1. The molecule has 3 rings (SSSR count). The van der Waals surface area contributed by atoms with Crippen LogP contribution in [-0.4, -0.2) is 22.5 Å². The molecule has 3 heterocycles. The van der Waals surface area contributed by atoms with Crippen molar-refractivity contribution < 1.29 is 9.53 Å². The number of ether oxygens (including phenoxy) is 1. The highest BCUT2D eigenvalue weighted by molar-refractivity contribution is 7.17. The average Bonchev–Trinajstić information content (AvgIpc) is 3.19. The molecule has 0 saturated carbocycles. The Hall–Kier alpha value is -2.50. The first kappa shape index (κ1) is 18.3. The standard InChI is InChI=1S/C18H18N4O2S2/c1-5-24-17(23)11-7-25-16-13(11)14(20-9-21-16)22-15-10(6-19)12(8-26-15)18(2,3)4/h7-9H,5H2,1-4H3,(H,20,21,22). The third-order valence-electron chi connectivity index (χ3n) is 3.81. The molecule has 3 aromatic heterocycles. The van der Waals surface area contributed by atoms with E-state index in [4.69, 9.17) is 4.74 Å². The number of nitrogens with zero attached hydrogens (tertiary/aromatic N) is 3. The van der Waals surface area contributed by atoms with Crippen LogP contribution in [0.15, 0.2) is 17.1 Å². The summed E-state index contributed by atoms with van der Waals surface area (Å²) in [6.07, 6.45) is 1.44. The van der Waals surface area contributed by atoms with E-state index in [9.17, 15) is 10.1 Å². The maximum Gasteiger partial charge on any atom is 0.339 e. The van der Waals surface area contributed by atoms with Crippen LogP contribution < -0.4 is 5.32 Å². The van der Waals surface area contributed by atoms with Crippen molar-refractivity contribution in [3.63, 3.8) is 0 Å². The number of hydrogen-bond donors (Lipinski definition) is 1. The number of esters is 1. The molecule has 0 amide bonds. The van der Waals surface area contributed by atoms with E-state index in [-0.39, 0.29) is 5.41 Å². The summed E-state index contributed by atoms with van der Waals surface area (Å²) in [6, 6.07) is 2.29. The lowest BCUT2D eigenvalue weighted by Gasteiger charge is -2.17. The molecular weight excluding hydrogens is 368 g/mol. The zero-order valence-electron chi connectivity index (χ0n) is 14.9. The molecule has 3 aromatic rings. The minimum Gasteiger partial charge on any atom is -0.462 e. The first-order valence-electron chi connectivity index (χ1n) is 8.05. The van der Waals surface area contributed by atoms with Gasteiger partial charge in [-0.05, 0) is 23.3 Å². The topological polar surface area (TPSA) is 87.9 Å². The van der Waals surface area contributed by atoms with Crippen molar-refractivity contribution in [3.05, 3.63) is 33.8 Å². The van der Waals surface area contributed by atoms with Gasteiger partial charge in [0.15, 0.2) is 0 Å². The van der Waals surface area contributed by atoms with Crippen molar-refractivity contribution in [1.82, 2.24) is 9.97 Å². The van der Waals surface area contributed by atoms with Crippen LogP contribution in [0.4, 0.5) is 10.8 Å². The number of carbonyl (C=O) groups is 1. The lowest BCUT2D eigenvalue weighted by molar-refractivity contribution is 0.0529. The summed E-state index contributed by atoms with van der Waals surface area (Å²) >= 11 is 2.81. The fraction of sp³-hybridized carbons (Fsp3) is 0.333. The van der Waals surface area contributed by atoms with Gasteiger partial charge in [-0.3, -0.25) is 0 Å². The normalized spacial score (nSPS) is 11.3. The van der Waals surface area contributed by atoms with Crippen molar-refractivity contribution in [3.8, 4) is 6.07 Å². The van der Waals surface area contributed by atoms with Crippen LogP contribution in [0.25, 0.3) is 10.2 Å². The van der Waals surface area contributed by atoms with Gasteiger partial charge in [-0.25, -0.2) is 14.8 Å². The summed E-state index contributed by atoms with van der Waals surface area (Å²) < 4.78 is 5.13. The smallest absolute Gasteiger partial charge is 0.339 e. The van der Waals surface area contributed by atoms with Crippen LogP contribution in [0.2, 0.25) is 0 Å². The Labute approximate surface area is 159 Å². The SMILES string of the molecule is CCOC(=O)c1csc2ncnc(Nc3scc(C(C)(C)C)c3C#N)c12. The Balaban J connectivity index is 2.08. The largest absolute Gasteiger partial charge is 0.462 e. The summed E-state index contributed by atoms with van der Waals surface area (Å²) in [5.41, 5.74) is 1.87. The summed E-state index contributed by atoms with van der Waals surface area (Å²) in [6.45, 7) is 8.27. The van der Waals surface area contributed by atoms with Gasteiger partial charge in [0.05, 0.1) is 23.1 Å². The number of thiophene rings is 2. The van der Waals surface area contributed by atoms with Crippen molar-refractivity contribution in [2.24, 2.45) is 0 Å². The monoisotopic (exact) mass is 386 g/mol. The van der Waals surface area contributed by atoms with Gasteiger partial charge < -0.3 is 10.1 Å². The van der Waals surface area contributed by atoms with E-state index in [1.165, 1.54) is 29.0 Å². The minimum atomic E-state index is -0.404. The molecule has 0 aliphatic rings. The molecule has 134 valence electrons. The Morgan fingerprint density at radius 1 is 1.31 bits per heavy atom. The van der Waals surface area contributed by atoms with E-state index in [1.54, 1.807) is 12.3 Å². The van der Waals surface area contributed by atoms with Crippen molar-refractivity contribution in [2.75, 3.05) is 11.9 Å². The molecule has 0 aliphatic heterocycles. The number of nitriles is 1. The molecule has 0 fully saturated rings. The minimum absolute atomic E-state index is 0.138. The van der Waals surface area contributed by atoms with E-state index >= 15 is 0 Å². The van der Waals surface area contributed by atoms with Crippen molar-refractivity contribution in [2.45, 2.75) is 33.1 Å². The molecule has 0 saturated heterocycles. The van der Waals surface area contributed by atoms with Gasteiger partial charge >= 0.3 is 5.97 Å². The molecule has 26 heavy (non-hydrogen) atoms. The summed E-state index contributed by atoms with van der Waals surface area (Å²) in [7, 11) is 0. The van der Waals surface area contributed by atoms with Gasteiger partial charge in [-0.15, -0.1) is 22.7 Å². The second-order valence-electron chi connectivity index (χ2n) is 6.61. The molecular formula is C18H18N4O2S2. The summed E-state index contributed by atoms with van der Waals surface area (Å²) in [5, 5.41) is 17.9. The second-order valence-corrected chi connectivity index (χ2v) is 8.35. The molecule has 0 aliphatic carbocycles. The van der Waals surface area contributed by atoms with Crippen LogP contribution in [0.5, 0.6) is 0 Å². The average molecular weight is 387 g/mol. The number of anilines is 2. The fourth-order valence-electron chi connectivity index (χ4n) is 2.55. The highest BCUT2D eigenvalue weighted by atomic mass is 32.1. The molecule has 8 heteroatoms. The maximum atomic E-state index is 12.2. The molecule has 0 aromatic carbocycles. The molecule has 0 radical (unpaired) electrons. The van der Waals surface area contributed by atoms with Gasteiger partial charge in [-0.1, -0.05) is 20.8 Å². The Kier molecular flexibility index (Phi) is 4.94. The van der Waals surface area contributed by atoms with Crippen molar-refractivity contribution >= 4 is 49.7 Å². The highest BCUT2D eigenvalue weighted by Crippen LogP contribution is 2.38. The second kappa shape index (κ2) is 7.02.